The molecule has 4 aromatic carbocycles. The fourth-order valence-electron chi connectivity index (χ4n) is 4.22. The highest BCUT2D eigenvalue weighted by Crippen LogP contribution is 2.46. The SMILES string of the molecule is Nc1ccccc1N1C(=O)c2cc(F)ccc2N(c2ccccc2N)C(O)c2cc(F)ccc21. The van der Waals surface area contributed by atoms with Crippen molar-refractivity contribution in [3.63, 3.8) is 0 Å². The van der Waals surface area contributed by atoms with E-state index in [0.29, 0.717) is 17.1 Å². The van der Waals surface area contributed by atoms with Crippen molar-refractivity contribution in [1.82, 2.24) is 0 Å². The molecule has 1 amide bonds. The molecule has 1 unspecified atom stereocenters. The van der Waals surface area contributed by atoms with E-state index in [9.17, 15) is 18.7 Å². The van der Waals surface area contributed by atoms with Crippen LogP contribution in [0.25, 0.3) is 0 Å². The molecule has 1 heterocycles. The molecule has 0 radical (unpaired) electrons. The lowest BCUT2D eigenvalue weighted by molar-refractivity contribution is 0.0996. The minimum atomic E-state index is -1.47. The second-order valence-corrected chi connectivity index (χ2v) is 7.87. The van der Waals surface area contributed by atoms with Crippen LogP contribution in [0.1, 0.15) is 22.1 Å². The number of hydrogen-bond acceptors (Lipinski definition) is 5. The van der Waals surface area contributed by atoms with Crippen LogP contribution >= 0.6 is 0 Å². The molecule has 0 bridgehead atoms. The molecule has 1 aliphatic rings. The molecule has 0 fully saturated rings. The van der Waals surface area contributed by atoms with Crippen LogP contribution in [-0.2, 0) is 0 Å². The van der Waals surface area contributed by atoms with Gasteiger partial charge in [0.1, 0.15) is 11.6 Å². The van der Waals surface area contributed by atoms with Gasteiger partial charge in [-0.15, -0.1) is 0 Å². The predicted molar refractivity (Wildman–Crippen MR) is 128 cm³/mol. The van der Waals surface area contributed by atoms with Crippen LogP contribution in [0.15, 0.2) is 84.9 Å². The van der Waals surface area contributed by atoms with Crippen molar-refractivity contribution >= 4 is 40.0 Å². The first kappa shape index (κ1) is 21.4. The number of nitrogens with zero attached hydrogens (tertiary/aromatic N) is 2. The lowest BCUT2D eigenvalue weighted by Crippen LogP contribution is -2.35. The number of carbonyl (C=O) groups is 1. The molecular formula is C26H20F2N4O2. The van der Waals surface area contributed by atoms with E-state index < -0.39 is 23.8 Å². The summed E-state index contributed by atoms with van der Waals surface area (Å²) in [6.07, 6.45) is -1.47. The quantitative estimate of drug-likeness (QED) is 0.357. The van der Waals surface area contributed by atoms with E-state index in [4.69, 9.17) is 11.5 Å². The maximum Gasteiger partial charge on any atom is 0.265 e. The Balaban J connectivity index is 1.86. The van der Waals surface area contributed by atoms with Gasteiger partial charge in [-0.2, -0.15) is 0 Å². The number of halogens is 2. The molecule has 34 heavy (non-hydrogen) atoms. The molecule has 5 N–H and O–H groups in total. The van der Waals surface area contributed by atoms with Gasteiger partial charge in [0, 0.05) is 5.56 Å². The highest BCUT2D eigenvalue weighted by atomic mass is 19.1. The summed E-state index contributed by atoms with van der Waals surface area (Å²) in [6, 6.07) is 20.7. The van der Waals surface area contributed by atoms with Crippen molar-refractivity contribution in [3.8, 4) is 0 Å². The van der Waals surface area contributed by atoms with E-state index in [1.807, 2.05) is 0 Å². The Labute approximate surface area is 194 Å². The maximum absolute atomic E-state index is 14.4. The number of aliphatic hydroxyl groups excluding tert-OH is 1. The molecule has 0 aliphatic carbocycles. The van der Waals surface area contributed by atoms with Crippen molar-refractivity contribution in [2.24, 2.45) is 0 Å². The molecule has 5 rings (SSSR count). The summed E-state index contributed by atoms with van der Waals surface area (Å²) in [5.41, 5.74) is 14.1. The van der Waals surface area contributed by atoms with Crippen molar-refractivity contribution in [2.75, 3.05) is 21.3 Å². The van der Waals surface area contributed by atoms with E-state index in [1.165, 1.54) is 34.1 Å². The van der Waals surface area contributed by atoms with Gasteiger partial charge in [0.2, 0.25) is 0 Å². The van der Waals surface area contributed by atoms with Gasteiger partial charge >= 0.3 is 0 Å². The third-order valence-corrected chi connectivity index (χ3v) is 5.78. The lowest BCUT2D eigenvalue weighted by Gasteiger charge is -2.38. The van der Waals surface area contributed by atoms with Crippen LogP contribution in [0.3, 0.4) is 0 Å². The van der Waals surface area contributed by atoms with E-state index in [2.05, 4.69) is 0 Å². The first-order valence-corrected chi connectivity index (χ1v) is 10.5. The van der Waals surface area contributed by atoms with Crippen molar-refractivity contribution < 1.29 is 18.7 Å². The van der Waals surface area contributed by atoms with Crippen molar-refractivity contribution in [1.29, 1.82) is 0 Å². The second kappa shape index (κ2) is 8.17. The third-order valence-electron chi connectivity index (χ3n) is 5.78. The van der Waals surface area contributed by atoms with E-state index in [-0.39, 0.29) is 28.2 Å². The van der Waals surface area contributed by atoms with Crippen molar-refractivity contribution in [2.45, 2.75) is 6.23 Å². The number of benzene rings is 4. The fraction of sp³-hybridized carbons (Fsp3) is 0.0385. The number of rotatable bonds is 2. The summed E-state index contributed by atoms with van der Waals surface area (Å²) < 4.78 is 28.8. The Bertz CT molecular complexity index is 1430. The number of fused-ring (bicyclic) bond motifs is 2. The van der Waals surface area contributed by atoms with Crippen LogP contribution < -0.4 is 21.3 Å². The summed E-state index contributed by atoms with van der Waals surface area (Å²) >= 11 is 0. The van der Waals surface area contributed by atoms with Crippen LogP contribution in [0.5, 0.6) is 0 Å². The number of carbonyl (C=O) groups excluding carboxylic acids is 1. The number of aliphatic hydroxyl groups is 1. The second-order valence-electron chi connectivity index (χ2n) is 7.87. The average Bonchev–Trinajstić information content (AvgIpc) is 2.82. The van der Waals surface area contributed by atoms with Crippen molar-refractivity contribution in [3.05, 3.63) is 108 Å². The summed E-state index contributed by atoms with van der Waals surface area (Å²) in [7, 11) is 0. The number of anilines is 6. The molecule has 0 aromatic heterocycles. The van der Waals surface area contributed by atoms with Gasteiger partial charge in [0.25, 0.3) is 5.91 Å². The monoisotopic (exact) mass is 458 g/mol. The number of hydrogen-bond donors (Lipinski definition) is 3. The Morgan fingerprint density at radius 1 is 0.706 bits per heavy atom. The molecule has 0 spiro atoms. The molecule has 4 aromatic rings. The molecular weight excluding hydrogens is 438 g/mol. The lowest BCUT2D eigenvalue weighted by atomic mass is 10.00. The number of amides is 1. The molecule has 8 heteroatoms. The van der Waals surface area contributed by atoms with Crippen LogP contribution in [-0.4, -0.2) is 11.0 Å². The summed E-state index contributed by atoms with van der Waals surface area (Å²) in [5, 5.41) is 11.6. The highest BCUT2D eigenvalue weighted by molar-refractivity contribution is 6.16. The first-order chi connectivity index (χ1) is 16.4. The third kappa shape index (κ3) is 3.41. The summed E-state index contributed by atoms with van der Waals surface area (Å²) in [4.78, 5) is 16.6. The molecule has 0 saturated heterocycles. The zero-order valence-electron chi connectivity index (χ0n) is 17.8. The number of nitrogens with two attached hydrogens (primary N) is 2. The minimum Gasteiger partial charge on any atom is -0.397 e. The normalized spacial score (nSPS) is 15.4. The van der Waals surface area contributed by atoms with E-state index >= 15 is 0 Å². The standard InChI is InChI=1S/C26H20F2N4O2/c27-15-9-11-21-17(13-15)26(34)32(24-8-4-2-6-20(24)30)22-12-10-16(28)14-18(22)25(33)31(21)23-7-3-1-5-19(23)29/h1-14,25,33H,29-30H2. The minimum absolute atomic E-state index is 0.0273. The highest BCUT2D eigenvalue weighted by Gasteiger charge is 2.36. The molecule has 170 valence electrons. The zero-order valence-corrected chi connectivity index (χ0v) is 17.8. The molecule has 0 saturated carbocycles. The Morgan fingerprint density at radius 2 is 1.26 bits per heavy atom. The Morgan fingerprint density at radius 3 is 1.91 bits per heavy atom. The van der Waals surface area contributed by atoms with Gasteiger partial charge in [0.15, 0.2) is 6.23 Å². The Hall–Kier alpha value is -4.43. The topological polar surface area (TPSA) is 95.8 Å². The fourth-order valence-corrected chi connectivity index (χ4v) is 4.22. The largest absolute Gasteiger partial charge is 0.397 e. The van der Waals surface area contributed by atoms with Gasteiger partial charge in [0.05, 0.1) is 39.7 Å². The summed E-state index contributed by atoms with van der Waals surface area (Å²) in [5.74, 6) is -1.85. The first-order valence-electron chi connectivity index (χ1n) is 10.5. The van der Waals surface area contributed by atoms with Gasteiger partial charge in [-0.05, 0) is 60.7 Å². The van der Waals surface area contributed by atoms with Gasteiger partial charge < -0.3 is 21.5 Å². The van der Waals surface area contributed by atoms with E-state index in [0.717, 1.165) is 12.1 Å². The number of nitrogen functional groups attached to an aromatic ring is 2. The van der Waals surface area contributed by atoms with Crippen LogP contribution in [0.2, 0.25) is 0 Å². The van der Waals surface area contributed by atoms with Gasteiger partial charge in [-0.25, -0.2) is 8.78 Å². The van der Waals surface area contributed by atoms with E-state index in [1.54, 1.807) is 48.5 Å². The molecule has 1 atom stereocenters. The maximum atomic E-state index is 14.4. The Kier molecular flexibility index (Phi) is 5.14. The smallest absolute Gasteiger partial charge is 0.265 e. The number of para-hydroxylation sites is 4. The van der Waals surface area contributed by atoms with Gasteiger partial charge in [-0.3, -0.25) is 9.69 Å². The zero-order chi connectivity index (χ0) is 24.0. The van der Waals surface area contributed by atoms with Crippen LogP contribution in [0.4, 0.5) is 42.9 Å². The van der Waals surface area contributed by atoms with Gasteiger partial charge in [-0.1, -0.05) is 24.3 Å². The molecule has 6 nitrogen and oxygen atoms in total. The molecule has 1 aliphatic heterocycles. The van der Waals surface area contributed by atoms with Crippen LogP contribution in [0, 0.1) is 11.6 Å². The predicted octanol–water partition coefficient (Wildman–Crippen LogP) is 5.25. The average molecular weight is 458 g/mol. The summed E-state index contributed by atoms with van der Waals surface area (Å²) in [6.45, 7) is 0.